The third-order valence-electron chi connectivity index (χ3n) is 4.49. The summed E-state index contributed by atoms with van der Waals surface area (Å²) >= 11 is 0. The molecule has 0 aliphatic carbocycles. The topological polar surface area (TPSA) is 75.4 Å². The molecule has 0 aromatic heterocycles. The third kappa shape index (κ3) is 5.06. The van der Waals surface area contributed by atoms with E-state index in [2.05, 4.69) is 19.2 Å². The highest BCUT2D eigenvalue weighted by Gasteiger charge is 2.29. The van der Waals surface area contributed by atoms with Crippen molar-refractivity contribution in [3.63, 3.8) is 0 Å². The summed E-state index contributed by atoms with van der Waals surface area (Å²) in [5.41, 5.74) is 6.45. The van der Waals surface area contributed by atoms with Crippen molar-refractivity contribution in [1.82, 2.24) is 10.2 Å². The first-order chi connectivity index (χ1) is 11.5. The van der Waals surface area contributed by atoms with Gasteiger partial charge in [0.15, 0.2) is 0 Å². The maximum absolute atomic E-state index is 12.6. The molecule has 3 N–H and O–H groups in total. The second-order valence-electron chi connectivity index (χ2n) is 7.03. The van der Waals surface area contributed by atoms with Gasteiger partial charge in [0.1, 0.15) is 0 Å². The zero-order chi connectivity index (χ0) is 17.5. The summed E-state index contributed by atoms with van der Waals surface area (Å²) in [5.74, 6) is 0.372. The van der Waals surface area contributed by atoms with Gasteiger partial charge in [-0.3, -0.25) is 9.59 Å². The molecule has 1 saturated heterocycles. The van der Waals surface area contributed by atoms with Crippen molar-refractivity contribution in [3.8, 4) is 0 Å². The lowest BCUT2D eigenvalue weighted by Crippen LogP contribution is -2.49. The van der Waals surface area contributed by atoms with Crippen LogP contribution in [-0.4, -0.2) is 42.4 Å². The SMILES string of the molecule is CC(C)CC(CN)NC(=O)C1CCCN(C(=O)c2ccccc2)C1. The van der Waals surface area contributed by atoms with Crippen LogP contribution in [0.25, 0.3) is 0 Å². The molecule has 2 atom stereocenters. The van der Waals surface area contributed by atoms with Gasteiger partial charge in [0.25, 0.3) is 5.91 Å². The second-order valence-corrected chi connectivity index (χ2v) is 7.03. The molecule has 0 bridgehead atoms. The molecule has 1 heterocycles. The van der Waals surface area contributed by atoms with E-state index >= 15 is 0 Å². The molecule has 5 heteroatoms. The lowest BCUT2D eigenvalue weighted by molar-refractivity contribution is -0.127. The molecule has 0 spiro atoms. The Morgan fingerprint density at radius 2 is 2.00 bits per heavy atom. The summed E-state index contributed by atoms with van der Waals surface area (Å²) < 4.78 is 0. The number of piperidine rings is 1. The van der Waals surface area contributed by atoms with Crippen molar-refractivity contribution in [1.29, 1.82) is 0 Å². The summed E-state index contributed by atoms with van der Waals surface area (Å²) in [6.07, 6.45) is 2.55. The Morgan fingerprint density at radius 1 is 1.29 bits per heavy atom. The number of nitrogens with zero attached hydrogens (tertiary/aromatic N) is 1. The molecule has 1 aromatic rings. The molecule has 2 amide bonds. The Hall–Kier alpha value is -1.88. The molecule has 132 valence electrons. The largest absolute Gasteiger partial charge is 0.352 e. The average Bonchev–Trinajstić information content (AvgIpc) is 2.60. The van der Waals surface area contributed by atoms with Gasteiger partial charge in [-0.2, -0.15) is 0 Å². The molecule has 1 aliphatic rings. The summed E-state index contributed by atoms with van der Waals surface area (Å²) in [5, 5.41) is 3.07. The fourth-order valence-electron chi connectivity index (χ4n) is 3.24. The van der Waals surface area contributed by atoms with Crippen molar-refractivity contribution in [2.75, 3.05) is 19.6 Å². The van der Waals surface area contributed by atoms with Crippen molar-refractivity contribution >= 4 is 11.8 Å². The van der Waals surface area contributed by atoms with Crippen molar-refractivity contribution in [3.05, 3.63) is 35.9 Å². The summed E-state index contributed by atoms with van der Waals surface area (Å²) in [6.45, 7) is 5.89. The molecule has 1 aliphatic heterocycles. The first-order valence-corrected chi connectivity index (χ1v) is 8.86. The van der Waals surface area contributed by atoms with Gasteiger partial charge in [0, 0.05) is 31.2 Å². The van der Waals surface area contributed by atoms with Gasteiger partial charge in [0.05, 0.1) is 5.92 Å². The molecule has 2 unspecified atom stereocenters. The number of hydrogen-bond donors (Lipinski definition) is 2. The summed E-state index contributed by atoms with van der Waals surface area (Å²) in [6, 6.07) is 9.26. The monoisotopic (exact) mass is 331 g/mol. The van der Waals surface area contributed by atoms with E-state index in [0.717, 1.165) is 19.3 Å². The number of rotatable bonds is 6. The number of carbonyl (C=O) groups is 2. The van der Waals surface area contributed by atoms with Gasteiger partial charge in [-0.15, -0.1) is 0 Å². The molecule has 24 heavy (non-hydrogen) atoms. The van der Waals surface area contributed by atoms with Gasteiger partial charge in [-0.05, 0) is 37.3 Å². The molecule has 1 fully saturated rings. The predicted octanol–water partition coefficient (Wildman–Crippen LogP) is 2.03. The van der Waals surface area contributed by atoms with Crippen molar-refractivity contribution in [2.24, 2.45) is 17.6 Å². The molecular weight excluding hydrogens is 302 g/mol. The Kier molecular flexibility index (Phi) is 6.79. The standard InChI is InChI=1S/C19H29N3O2/c1-14(2)11-17(12-20)21-18(23)16-9-6-10-22(13-16)19(24)15-7-4-3-5-8-15/h3-5,7-8,14,16-17H,6,9-13,20H2,1-2H3,(H,21,23). The maximum Gasteiger partial charge on any atom is 0.253 e. The minimum absolute atomic E-state index is 0.00524. The summed E-state index contributed by atoms with van der Waals surface area (Å²) in [4.78, 5) is 26.9. The van der Waals surface area contributed by atoms with E-state index in [-0.39, 0.29) is 23.8 Å². The molecule has 2 rings (SSSR count). The zero-order valence-corrected chi connectivity index (χ0v) is 14.7. The molecule has 5 nitrogen and oxygen atoms in total. The number of amides is 2. The Bertz CT molecular complexity index is 545. The quantitative estimate of drug-likeness (QED) is 0.837. The van der Waals surface area contributed by atoms with Gasteiger partial charge in [0.2, 0.25) is 5.91 Å². The number of carbonyl (C=O) groups excluding carboxylic acids is 2. The Labute approximate surface area is 144 Å². The molecule has 0 radical (unpaired) electrons. The molecular formula is C19H29N3O2. The first-order valence-electron chi connectivity index (χ1n) is 8.86. The Morgan fingerprint density at radius 3 is 2.62 bits per heavy atom. The van der Waals surface area contributed by atoms with E-state index in [9.17, 15) is 9.59 Å². The van der Waals surface area contributed by atoms with Gasteiger partial charge < -0.3 is 16.0 Å². The fraction of sp³-hybridized carbons (Fsp3) is 0.579. The number of benzene rings is 1. The van der Waals surface area contributed by atoms with E-state index in [1.165, 1.54) is 0 Å². The number of nitrogens with one attached hydrogen (secondary N) is 1. The minimum atomic E-state index is -0.146. The van der Waals surface area contributed by atoms with Gasteiger partial charge >= 0.3 is 0 Å². The van der Waals surface area contributed by atoms with Crippen LogP contribution in [0.3, 0.4) is 0 Å². The normalized spacial score (nSPS) is 19.2. The molecule has 0 saturated carbocycles. The summed E-state index contributed by atoms with van der Waals surface area (Å²) in [7, 11) is 0. The van der Waals surface area contributed by atoms with Crippen LogP contribution in [0.15, 0.2) is 30.3 Å². The number of likely N-dealkylation sites (tertiary alicyclic amines) is 1. The zero-order valence-electron chi connectivity index (χ0n) is 14.7. The van der Waals surface area contributed by atoms with Crippen LogP contribution in [-0.2, 0) is 4.79 Å². The lowest BCUT2D eigenvalue weighted by Gasteiger charge is -2.33. The van der Waals surface area contributed by atoms with E-state index in [1.807, 2.05) is 30.3 Å². The number of hydrogen-bond acceptors (Lipinski definition) is 3. The average molecular weight is 331 g/mol. The minimum Gasteiger partial charge on any atom is -0.352 e. The van der Waals surface area contributed by atoms with E-state index in [0.29, 0.717) is 31.1 Å². The lowest BCUT2D eigenvalue weighted by atomic mass is 9.95. The van der Waals surface area contributed by atoms with E-state index in [4.69, 9.17) is 5.73 Å². The van der Waals surface area contributed by atoms with Crippen LogP contribution >= 0.6 is 0 Å². The second kappa shape index (κ2) is 8.83. The highest BCUT2D eigenvalue weighted by molar-refractivity contribution is 5.94. The van der Waals surface area contributed by atoms with Gasteiger partial charge in [-0.25, -0.2) is 0 Å². The van der Waals surface area contributed by atoms with Crippen molar-refractivity contribution < 1.29 is 9.59 Å². The first kappa shape index (κ1) is 18.5. The van der Waals surface area contributed by atoms with Crippen LogP contribution in [0.5, 0.6) is 0 Å². The van der Waals surface area contributed by atoms with Crippen LogP contribution < -0.4 is 11.1 Å². The van der Waals surface area contributed by atoms with Crippen molar-refractivity contribution in [2.45, 2.75) is 39.2 Å². The fourth-order valence-corrected chi connectivity index (χ4v) is 3.24. The predicted molar refractivity (Wildman–Crippen MR) is 95.5 cm³/mol. The number of nitrogens with two attached hydrogens (primary N) is 1. The van der Waals surface area contributed by atoms with Crippen LogP contribution in [0.1, 0.15) is 43.5 Å². The highest BCUT2D eigenvalue weighted by atomic mass is 16.2. The van der Waals surface area contributed by atoms with Crippen LogP contribution in [0.2, 0.25) is 0 Å². The third-order valence-corrected chi connectivity index (χ3v) is 4.49. The van der Waals surface area contributed by atoms with E-state index < -0.39 is 0 Å². The van der Waals surface area contributed by atoms with Crippen LogP contribution in [0, 0.1) is 11.8 Å². The highest BCUT2D eigenvalue weighted by Crippen LogP contribution is 2.19. The van der Waals surface area contributed by atoms with Crippen LogP contribution in [0.4, 0.5) is 0 Å². The Balaban J connectivity index is 1.94. The van der Waals surface area contributed by atoms with Gasteiger partial charge in [-0.1, -0.05) is 32.0 Å². The molecule has 1 aromatic carbocycles. The maximum atomic E-state index is 12.6. The van der Waals surface area contributed by atoms with E-state index in [1.54, 1.807) is 4.90 Å². The smallest absolute Gasteiger partial charge is 0.253 e.